The molecule has 0 radical (unpaired) electrons. The maximum atomic E-state index is 14.1. The van der Waals surface area contributed by atoms with Crippen LogP contribution in [0.3, 0.4) is 0 Å². The van der Waals surface area contributed by atoms with Gasteiger partial charge in [0.15, 0.2) is 5.78 Å². The molecule has 1 aliphatic heterocycles. The number of hydrazine groups is 1. The number of aromatic carboxylic acids is 1. The number of fused-ring (bicyclic) bond motifs is 1. The minimum absolute atomic E-state index is 0.0294. The molecule has 1 unspecified atom stereocenters. The molecule has 2 aliphatic carbocycles. The highest BCUT2D eigenvalue weighted by atomic mass is 16.4. The van der Waals surface area contributed by atoms with Crippen molar-refractivity contribution in [2.24, 2.45) is 11.8 Å². The largest absolute Gasteiger partial charge is 0.478 e. The van der Waals surface area contributed by atoms with Crippen molar-refractivity contribution in [2.75, 3.05) is 23.3 Å². The van der Waals surface area contributed by atoms with Gasteiger partial charge in [-0.15, -0.1) is 0 Å². The standard InChI is InChI=1S/C31H38N4O5/c36-27(21-10-3-1-4-11-21)19-34-26-17-8-7-16-25(26)29(22-12-5-2-6-13-22)33-35(31(34)40)20-28(37)32-24-15-9-14-23(18-24)30(38)39/h7-9,14-18,21-22,29,33H,1-6,10-13,19-20H2,(H,32,37)(H,38,39). The minimum Gasteiger partial charge on any atom is -0.478 e. The van der Waals surface area contributed by atoms with Gasteiger partial charge in [-0.1, -0.05) is 62.8 Å². The number of anilines is 2. The number of carbonyl (C=O) groups is 4. The van der Waals surface area contributed by atoms with Crippen molar-refractivity contribution < 1.29 is 24.3 Å². The first-order chi connectivity index (χ1) is 19.4. The number of hydrogen-bond acceptors (Lipinski definition) is 5. The maximum absolute atomic E-state index is 14.1. The van der Waals surface area contributed by atoms with Crippen LogP contribution in [0.4, 0.5) is 16.2 Å². The van der Waals surface area contributed by atoms with Crippen molar-refractivity contribution in [1.82, 2.24) is 10.4 Å². The molecule has 9 heteroatoms. The first-order valence-electron chi connectivity index (χ1n) is 14.5. The van der Waals surface area contributed by atoms with Crippen LogP contribution in [0.5, 0.6) is 0 Å². The lowest BCUT2D eigenvalue weighted by atomic mass is 9.81. The number of benzene rings is 2. The fraction of sp³-hybridized carbons (Fsp3) is 0.484. The van der Waals surface area contributed by atoms with Crippen molar-refractivity contribution in [3.8, 4) is 0 Å². The van der Waals surface area contributed by atoms with Crippen LogP contribution >= 0.6 is 0 Å². The van der Waals surface area contributed by atoms with E-state index in [1.54, 1.807) is 17.0 Å². The molecule has 0 aromatic heterocycles. The maximum Gasteiger partial charge on any atom is 0.339 e. The predicted octanol–water partition coefficient (Wildman–Crippen LogP) is 5.54. The van der Waals surface area contributed by atoms with E-state index < -0.39 is 17.9 Å². The summed E-state index contributed by atoms with van der Waals surface area (Å²) in [5, 5.41) is 13.4. The second kappa shape index (κ2) is 12.6. The third-order valence-electron chi connectivity index (χ3n) is 8.51. The van der Waals surface area contributed by atoms with Gasteiger partial charge in [0.05, 0.1) is 23.8 Å². The van der Waals surface area contributed by atoms with E-state index in [2.05, 4.69) is 10.7 Å². The molecular weight excluding hydrogens is 508 g/mol. The van der Waals surface area contributed by atoms with Crippen LogP contribution in [-0.2, 0) is 9.59 Å². The Bertz CT molecular complexity index is 1250. The molecule has 3 amide bonds. The highest BCUT2D eigenvalue weighted by Crippen LogP contribution is 2.40. The number of urea groups is 1. The number of amides is 3. The summed E-state index contributed by atoms with van der Waals surface area (Å²) in [6.07, 6.45) is 10.4. The molecule has 0 bridgehead atoms. The van der Waals surface area contributed by atoms with Crippen molar-refractivity contribution in [3.05, 3.63) is 59.7 Å². The van der Waals surface area contributed by atoms with Gasteiger partial charge >= 0.3 is 12.0 Å². The second-order valence-corrected chi connectivity index (χ2v) is 11.3. The molecule has 3 N–H and O–H groups in total. The summed E-state index contributed by atoms with van der Waals surface area (Å²) in [4.78, 5) is 53.6. The average Bonchev–Trinajstić information content (AvgIpc) is 3.09. The van der Waals surface area contributed by atoms with Gasteiger partial charge in [0, 0.05) is 11.6 Å². The summed E-state index contributed by atoms with van der Waals surface area (Å²) in [6, 6.07) is 13.1. The molecule has 0 spiro atoms. The Morgan fingerprint density at radius 1 is 0.875 bits per heavy atom. The highest BCUT2D eigenvalue weighted by molar-refractivity contribution is 6.02. The Morgan fingerprint density at radius 2 is 1.57 bits per heavy atom. The van der Waals surface area contributed by atoms with E-state index >= 15 is 0 Å². The predicted molar refractivity (Wildman–Crippen MR) is 152 cm³/mol. The first kappa shape index (κ1) is 27.8. The summed E-state index contributed by atoms with van der Waals surface area (Å²) >= 11 is 0. The molecule has 5 rings (SSSR count). The Balaban J connectivity index is 1.43. The van der Waals surface area contributed by atoms with E-state index in [-0.39, 0.29) is 42.3 Å². The topological polar surface area (TPSA) is 119 Å². The molecule has 1 atom stereocenters. The van der Waals surface area contributed by atoms with E-state index in [9.17, 15) is 24.3 Å². The van der Waals surface area contributed by atoms with E-state index in [1.807, 2.05) is 24.3 Å². The second-order valence-electron chi connectivity index (χ2n) is 11.3. The van der Waals surface area contributed by atoms with Gasteiger partial charge in [-0.2, -0.15) is 0 Å². The van der Waals surface area contributed by atoms with Crippen LogP contribution in [0, 0.1) is 11.8 Å². The molecule has 2 aromatic carbocycles. The zero-order chi connectivity index (χ0) is 28.1. The van der Waals surface area contributed by atoms with E-state index in [0.717, 1.165) is 69.0 Å². The normalized spacial score (nSPS) is 20.5. The molecule has 2 saturated carbocycles. The highest BCUT2D eigenvalue weighted by Gasteiger charge is 2.38. The molecule has 3 aliphatic rings. The van der Waals surface area contributed by atoms with E-state index in [0.29, 0.717) is 5.69 Å². The van der Waals surface area contributed by atoms with Gasteiger partial charge in [-0.25, -0.2) is 20.0 Å². The lowest BCUT2D eigenvalue weighted by Gasteiger charge is -2.33. The molecule has 1 heterocycles. The van der Waals surface area contributed by atoms with Gasteiger partial charge in [0.2, 0.25) is 5.91 Å². The van der Waals surface area contributed by atoms with Gasteiger partial charge in [-0.3, -0.25) is 14.5 Å². The molecule has 2 aromatic rings. The van der Waals surface area contributed by atoms with E-state index in [4.69, 9.17) is 0 Å². The first-order valence-corrected chi connectivity index (χ1v) is 14.5. The van der Waals surface area contributed by atoms with Gasteiger partial charge in [-0.05, 0) is 61.4 Å². The van der Waals surface area contributed by atoms with Crippen LogP contribution in [0.1, 0.15) is 86.2 Å². The quantitative estimate of drug-likeness (QED) is 0.400. The third-order valence-corrected chi connectivity index (χ3v) is 8.51. The number of ketones is 1. The number of carboxylic acids is 1. The SMILES string of the molecule is O=C(CN1NC(C2CCCCC2)c2ccccc2N(CC(=O)C2CCCCC2)C1=O)Nc1cccc(C(=O)O)c1. The Hall–Kier alpha value is -3.72. The Labute approximate surface area is 234 Å². The Morgan fingerprint density at radius 3 is 2.30 bits per heavy atom. The fourth-order valence-corrected chi connectivity index (χ4v) is 6.41. The summed E-state index contributed by atoms with van der Waals surface area (Å²) < 4.78 is 0. The fourth-order valence-electron chi connectivity index (χ4n) is 6.41. The number of Topliss-reactive ketones (excluding diaryl/α,β-unsaturated/α-hetero) is 1. The van der Waals surface area contributed by atoms with Crippen LogP contribution in [0.2, 0.25) is 0 Å². The average molecular weight is 547 g/mol. The minimum atomic E-state index is -1.09. The van der Waals surface area contributed by atoms with Crippen LogP contribution in [-0.4, -0.2) is 46.9 Å². The van der Waals surface area contributed by atoms with Gasteiger partial charge in [0.25, 0.3) is 0 Å². The number of nitrogens with zero attached hydrogens (tertiary/aromatic N) is 2. The van der Waals surface area contributed by atoms with Crippen LogP contribution < -0.4 is 15.6 Å². The molecule has 212 valence electrons. The summed E-state index contributed by atoms with van der Waals surface area (Å²) in [5.41, 5.74) is 5.48. The van der Waals surface area contributed by atoms with Crippen molar-refractivity contribution >= 4 is 35.1 Å². The van der Waals surface area contributed by atoms with Gasteiger partial charge in [0.1, 0.15) is 6.54 Å². The lowest BCUT2D eigenvalue weighted by molar-refractivity contribution is -0.122. The molecular formula is C31H38N4O5. The van der Waals surface area contributed by atoms with E-state index in [1.165, 1.54) is 23.6 Å². The van der Waals surface area contributed by atoms with Crippen molar-refractivity contribution in [2.45, 2.75) is 70.3 Å². The van der Waals surface area contributed by atoms with Crippen LogP contribution in [0.15, 0.2) is 48.5 Å². The van der Waals surface area contributed by atoms with Gasteiger partial charge < -0.3 is 10.4 Å². The number of carboxylic acid groups (broad SMARTS) is 1. The zero-order valence-corrected chi connectivity index (χ0v) is 22.8. The zero-order valence-electron chi connectivity index (χ0n) is 22.8. The Kier molecular flexibility index (Phi) is 8.79. The number of hydrogen-bond donors (Lipinski definition) is 3. The summed E-state index contributed by atoms with van der Waals surface area (Å²) in [6.45, 7) is -0.320. The molecule has 9 nitrogen and oxygen atoms in total. The molecule has 0 saturated heterocycles. The lowest BCUT2D eigenvalue weighted by Crippen LogP contribution is -2.53. The van der Waals surface area contributed by atoms with Crippen LogP contribution in [0.25, 0.3) is 0 Å². The van der Waals surface area contributed by atoms with Crippen molar-refractivity contribution in [3.63, 3.8) is 0 Å². The smallest absolute Gasteiger partial charge is 0.339 e. The molecule has 2 fully saturated rings. The van der Waals surface area contributed by atoms with Crippen molar-refractivity contribution in [1.29, 1.82) is 0 Å². The number of para-hydroxylation sites is 1. The molecule has 40 heavy (non-hydrogen) atoms. The number of carbonyl (C=O) groups excluding carboxylic acids is 3. The summed E-state index contributed by atoms with van der Waals surface area (Å²) in [5.74, 6) is -1.25. The monoisotopic (exact) mass is 546 g/mol. The summed E-state index contributed by atoms with van der Waals surface area (Å²) in [7, 11) is 0. The third kappa shape index (κ3) is 6.36. The number of rotatable bonds is 8. The number of nitrogens with one attached hydrogen (secondary N) is 2.